The van der Waals surface area contributed by atoms with Gasteiger partial charge in [0.25, 0.3) is 0 Å². The number of rotatable bonds is 7. The first-order chi connectivity index (χ1) is 8.20. The molecular formula is C12H26IN3O2. The molecule has 0 aromatic heterocycles. The molecule has 1 saturated heterocycles. The number of ether oxygens (including phenoxy) is 2. The lowest BCUT2D eigenvalue weighted by Crippen LogP contribution is -2.51. The quantitative estimate of drug-likeness (QED) is 0.306. The van der Waals surface area contributed by atoms with Crippen molar-refractivity contribution >= 4 is 29.9 Å². The van der Waals surface area contributed by atoms with Gasteiger partial charge in [-0.1, -0.05) is 6.92 Å². The summed E-state index contributed by atoms with van der Waals surface area (Å²) < 4.78 is 10.5. The van der Waals surface area contributed by atoms with E-state index in [0.29, 0.717) is 0 Å². The van der Waals surface area contributed by atoms with Crippen LogP contribution < -0.4 is 10.6 Å². The summed E-state index contributed by atoms with van der Waals surface area (Å²) in [6.07, 6.45) is 0.995. The zero-order valence-electron chi connectivity index (χ0n) is 11.6. The predicted molar refractivity (Wildman–Crippen MR) is 84.8 cm³/mol. The van der Waals surface area contributed by atoms with Gasteiger partial charge in [0.1, 0.15) is 0 Å². The molecule has 0 amide bonds. The molecule has 0 aliphatic carbocycles. The summed E-state index contributed by atoms with van der Waals surface area (Å²) in [5.41, 5.74) is 0.267. The van der Waals surface area contributed by atoms with Crippen molar-refractivity contribution in [3.8, 4) is 0 Å². The lowest BCUT2D eigenvalue weighted by Gasteiger charge is -2.38. The van der Waals surface area contributed by atoms with Crippen LogP contribution in [0.1, 0.15) is 20.3 Å². The SMILES string of the molecule is CCOCCCNC(=NC)NCC1(C)COC1.I. The molecule has 0 unspecified atom stereocenters. The minimum Gasteiger partial charge on any atom is -0.382 e. The second kappa shape index (κ2) is 9.80. The molecule has 2 N–H and O–H groups in total. The fourth-order valence-electron chi connectivity index (χ4n) is 1.60. The van der Waals surface area contributed by atoms with Crippen LogP contribution in [0.5, 0.6) is 0 Å². The maximum atomic E-state index is 5.27. The highest BCUT2D eigenvalue weighted by Crippen LogP contribution is 2.24. The molecule has 0 aromatic carbocycles. The molecule has 0 aromatic rings. The number of hydrogen-bond donors (Lipinski definition) is 2. The molecule has 5 nitrogen and oxygen atoms in total. The molecular weight excluding hydrogens is 345 g/mol. The highest BCUT2D eigenvalue weighted by molar-refractivity contribution is 14.0. The van der Waals surface area contributed by atoms with E-state index in [1.165, 1.54) is 0 Å². The molecule has 0 radical (unpaired) electrons. The third-order valence-corrected chi connectivity index (χ3v) is 2.77. The van der Waals surface area contributed by atoms with Gasteiger partial charge < -0.3 is 20.1 Å². The van der Waals surface area contributed by atoms with E-state index in [4.69, 9.17) is 9.47 Å². The molecule has 1 fully saturated rings. The Morgan fingerprint density at radius 2 is 2.11 bits per heavy atom. The summed E-state index contributed by atoms with van der Waals surface area (Å²) in [5.74, 6) is 0.856. The zero-order chi connectivity index (χ0) is 12.6. The van der Waals surface area contributed by atoms with E-state index < -0.39 is 0 Å². The fourth-order valence-corrected chi connectivity index (χ4v) is 1.60. The average molecular weight is 371 g/mol. The smallest absolute Gasteiger partial charge is 0.191 e. The van der Waals surface area contributed by atoms with Gasteiger partial charge in [0.15, 0.2) is 5.96 Å². The third kappa shape index (κ3) is 6.75. The molecule has 1 heterocycles. The maximum Gasteiger partial charge on any atom is 0.191 e. The van der Waals surface area contributed by atoms with Crippen molar-refractivity contribution in [3.63, 3.8) is 0 Å². The molecule has 0 atom stereocenters. The number of halogens is 1. The highest BCUT2D eigenvalue weighted by atomic mass is 127. The van der Waals surface area contributed by atoms with Crippen molar-refractivity contribution < 1.29 is 9.47 Å². The Labute approximate surface area is 127 Å². The first-order valence-electron chi connectivity index (χ1n) is 6.30. The predicted octanol–water partition coefficient (Wildman–Crippen LogP) is 1.23. The van der Waals surface area contributed by atoms with Gasteiger partial charge in [0, 0.05) is 38.8 Å². The Hall–Kier alpha value is -0.0800. The third-order valence-electron chi connectivity index (χ3n) is 2.77. The van der Waals surface area contributed by atoms with E-state index in [-0.39, 0.29) is 29.4 Å². The van der Waals surface area contributed by atoms with Gasteiger partial charge in [-0.05, 0) is 13.3 Å². The standard InChI is InChI=1S/C12H25N3O2.HI/c1-4-16-7-5-6-14-11(13-3)15-8-12(2)9-17-10-12;/h4-10H2,1-3H3,(H2,13,14,15);1H. The molecule has 108 valence electrons. The maximum absolute atomic E-state index is 5.27. The Morgan fingerprint density at radius 3 is 2.61 bits per heavy atom. The van der Waals surface area contributed by atoms with E-state index in [1.54, 1.807) is 7.05 Å². The second-order valence-corrected chi connectivity index (χ2v) is 4.71. The van der Waals surface area contributed by atoms with Crippen LogP contribution in [0.3, 0.4) is 0 Å². The molecule has 0 spiro atoms. The summed E-state index contributed by atoms with van der Waals surface area (Å²) in [5, 5.41) is 6.59. The Balaban J connectivity index is 0.00000289. The van der Waals surface area contributed by atoms with Crippen LogP contribution in [0.15, 0.2) is 4.99 Å². The molecule has 1 aliphatic heterocycles. The van der Waals surface area contributed by atoms with E-state index in [2.05, 4.69) is 22.5 Å². The largest absolute Gasteiger partial charge is 0.382 e. The number of hydrogen-bond acceptors (Lipinski definition) is 3. The van der Waals surface area contributed by atoms with Gasteiger partial charge in [0.2, 0.25) is 0 Å². The normalized spacial score (nSPS) is 17.6. The van der Waals surface area contributed by atoms with Gasteiger partial charge in [-0.25, -0.2) is 0 Å². The van der Waals surface area contributed by atoms with Crippen molar-refractivity contribution in [3.05, 3.63) is 0 Å². The van der Waals surface area contributed by atoms with E-state index in [0.717, 1.165) is 51.9 Å². The number of nitrogens with zero attached hydrogens (tertiary/aromatic N) is 1. The highest BCUT2D eigenvalue weighted by Gasteiger charge is 2.33. The van der Waals surface area contributed by atoms with Crippen LogP contribution in [0, 0.1) is 5.41 Å². The van der Waals surface area contributed by atoms with Crippen molar-refractivity contribution in [2.24, 2.45) is 10.4 Å². The number of guanidine groups is 1. The first-order valence-corrected chi connectivity index (χ1v) is 6.30. The Morgan fingerprint density at radius 1 is 1.39 bits per heavy atom. The lowest BCUT2D eigenvalue weighted by molar-refractivity contribution is -0.0971. The summed E-state index contributed by atoms with van der Waals surface area (Å²) in [7, 11) is 1.79. The minimum atomic E-state index is 0. The Bertz CT molecular complexity index is 245. The van der Waals surface area contributed by atoms with Gasteiger partial charge in [-0.15, -0.1) is 24.0 Å². The Kier molecular flexibility index (Phi) is 9.76. The number of aliphatic imine (C=N–C) groups is 1. The van der Waals surface area contributed by atoms with Crippen LogP contribution in [0.25, 0.3) is 0 Å². The van der Waals surface area contributed by atoms with Gasteiger partial charge in [-0.3, -0.25) is 4.99 Å². The monoisotopic (exact) mass is 371 g/mol. The minimum absolute atomic E-state index is 0. The van der Waals surface area contributed by atoms with Crippen LogP contribution >= 0.6 is 24.0 Å². The summed E-state index contributed by atoms with van der Waals surface area (Å²) >= 11 is 0. The van der Waals surface area contributed by atoms with Crippen molar-refractivity contribution in [2.45, 2.75) is 20.3 Å². The van der Waals surface area contributed by atoms with Gasteiger partial charge >= 0.3 is 0 Å². The van der Waals surface area contributed by atoms with Crippen molar-refractivity contribution in [1.82, 2.24) is 10.6 Å². The van der Waals surface area contributed by atoms with Gasteiger partial charge in [-0.2, -0.15) is 0 Å². The van der Waals surface area contributed by atoms with Gasteiger partial charge in [0.05, 0.1) is 13.2 Å². The van der Waals surface area contributed by atoms with E-state index in [9.17, 15) is 0 Å². The summed E-state index contributed by atoms with van der Waals surface area (Å²) in [6.45, 7) is 9.26. The van der Waals surface area contributed by atoms with Crippen molar-refractivity contribution in [2.75, 3.05) is 46.6 Å². The van der Waals surface area contributed by atoms with E-state index in [1.807, 2.05) is 6.92 Å². The molecule has 1 rings (SSSR count). The lowest BCUT2D eigenvalue weighted by atomic mass is 9.89. The molecule has 6 heteroatoms. The topological polar surface area (TPSA) is 54.9 Å². The van der Waals surface area contributed by atoms with Crippen LogP contribution in [-0.4, -0.2) is 52.5 Å². The average Bonchev–Trinajstić information content (AvgIpc) is 2.30. The van der Waals surface area contributed by atoms with Crippen molar-refractivity contribution in [1.29, 1.82) is 0 Å². The zero-order valence-corrected chi connectivity index (χ0v) is 14.0. The van der Waals surface area contributed by atoms with Crippen LogP contribution in [-0.2, 0) is 9.47 Å². The van der Waals surface area contributed by atoms with E-state index >= 15 is 0 Å². The molecule has 0 saturated carbocycles. The number of nitrogens with one attached hydrogen (secondary N) is 2. The van der Waals surface area contributed by atoms with Crippen LogP contribution in [0.2, 0.25) is 0 Å². The molecule has 18 heavy (non-hydrogen) atoms. The molecule has 0 bridgehead atoms. The summed E-state index contributed by atoms with van der Waals surface area (Å²) in [6, 6.07) is 0. The molecule has 1 aliphatic rings. The first kappa shape index (κ1) is 17.9. The fraction of sp³-hybridized carbons (Fsp3) is 0.917. The van der Waals surface area contributed by atoms with Crippen LogP contribution in [0.4, 0.5) is 0 Å². The summed E-state index contributed by atoms with van der Waals surface area (Å²) in [4.78, 5) is 4.18. The second-order valence-electron chi connectivity index (χ2n) is 4.71.